The van der Waals surface area contributed by atoms with Crippen LogP contribution in [-0.2, 0) is 6.42 Å². The number of likely N-dealkylation sites (tertiary alicyclic amines) is 1. The number of methoxy groups -OCH3 is 2. The number of fused-ring (bicyclic) bond motifs is 3. The summed E-state index contributed by atoms with van der Waals surface area (Å²) in [4.78, 5) is 2.54. The van der Waals surface area contributed by atoms with Gasteiger partial charge in [0.2, 0.25) is 0 Å². The number of hydrogen-bond donors (Lipinski definition) is 0. The van der Waals surface area contributed by atoms with Crippen LogP contribution in [0.2, 0.25) is 0 Å². The third-order valence-corrected chi connectivity index (χ3v) is 4.83. The fourth-order valence-corrected chi connectivity index (χ4v) is 3.91. The molecule has 0 spiro atoms. The van der Waals surface area contributed by atoms with Gasteiger partial charge >= 0.3 is 0 Å². The summed E-state index contributed by atoms with van der Waals surface area (Å²) in [6.45, 7) is 1.24. The number of ether oxygens (including phenoxy) is 2. The highest BCUT2D eigenvalue weighted by molar-refractivity contribution is 5.53. The minimum atomic E-state index is 0.669. The fourth-order valence-electron chi connectivity index (χ4n) is 3.91. The first-order valence-corrected chi connectivity index (χ1v) is 7.20. The van der Waals surface area contributed by atoms with Crippen molar-refractivity contribution in [2.75, 3.05) is 27.8 Å². The highest BCUT2D eigenvalue weighted by atomic mass is 16.5. The van der Waals surface area contributed by atoms with Crippen LogP contribution in [0.3, 0.4) is 0 Å². The highest BCUT2D eigenvalue weighted by Crippen LogP contribution is 2.45. The van der Waals surface area contributed by atoms with Crippen LogP contribution >= 0.6 is 0 Å². The lowest BCUT2D eigenvalue weighted by Gasteiger charge is -2.43. The average molecular weight is 261 g/mol. The smallest absolute Gasteiger partial charge is 0.164 e. The zero-order chi connectivity index (χ0) is 13.4. The van der Waals surface area contributed by atoms with Gasteiger partial charge in [0, 0.05) is 11.6 Å². The Hall–Kier alpha value is -1.22. The van der Waals surface area contributed by atoms with E-state index in [4.69, 9.17) is 9.47 Å². The zero-order valence-electron chi connectivity index (χ0n) is 12.1. The van der Waals surface area contributed by atoms with Gasteiger partial charge in [0.25, 0.3) is 0 Å². The van der Waals surface area contributed by atoms with Gasteiger partial charge in [0.1, 0.15) is 0 Å². The summed E-state index contributed by atoms with van der Waals surface area (Å²) < 4.78 is 11.0. The first-order chi connectivity index (χ1) is 9.26. The molecule has 19 heavy (non-hydrogen) atoms. The van der Waals surface area contributed by atoms with Crippen molar-refractivity contribution in [1.82, 2.24) is 4.90 Å². The molecule has 1 saturated heterocycles. The van der Waals surface area contributed by atoms with E-state index in [2.05, 4.69) is 24.1 Å². The van der Waals surface area contributed by atoms with E-state index < -0.39 is 0 Å². The third kappa shape index (κ3) is 2.00. The van der Waals surface area contributed by atoms with Crippen molar-refractivity contribution >= 4 is 0 Å². The molecule has 2 aliphatic rings. The van der Waals surface area contributed by atoms with Gasteiger partial charge in [0.15, 0.2) is 11.5 Å². The molecule has 1 aliphatic carbocycles. The first kappa shape index (κ1) is 12.8. The van der Waals surface area contributed by atoms with Crippen LogP contribution in [0.25, 0.3) is 0 Å². The second-order valence-electron chi connectivity index (χ2n) is 5.70. The Morgan fingerprint density at radius 3 is 2.74 bits per heavy atom. The van der Waals surface area contributed by atoms with Crippen molar-refractivity contribution < 1.29 is 9.47 Å². The van der Waals surface area contributed by atoms with Crippen LogP contribution in [0, 0.1) is 0 Å². The Labute approximate surface area is 115 Å². The number of benzene rings is 1. The molecule has 0 aromatic heterocycles. The second-order valence-corrected chi connectivity index (χ2v) is 5.70. The molecule has 1 aliphatic heterocycles. The summed E-state index contributed by atoms with van der Waals surface area (Å²) >= 11 is 0. The normalized spacial score (nSPS) is 26.5. The third-order valence-electron chi connectivity index (χ3n) is 4.83. The Bertz CT molecular complexity index is 472. The summed E-state index contributed by atoms with van der Waals surface area (Å²) in [7, 11) is 5.73. The summed E-state index contributed by atoms with van der Waals surface area (Å²) in [5, 5.41) is 0. The van der Waals surface area contributed by atoms with Crippen LogP contribution in [0.15, 0.2) is 12.1 Å². The Morgan fingerprint density at radius 2 is 2.00 bits per heavy atom. The van der Waals surface area contributed by atoms with Crippen molar-refractivity contribution in [3.05, 3.63) is 23.3 Å². The van der Waals surface area contributed by atoms with Gasteiger partial charge in [-0.2, -0.15) is 0 Å². The number of hydrogen-bond acceptors (Lipinski definition) is 3. The molecule has 2 atom stereocenters. The van der Waals surface area contributed by atoms with E-state index in [-0.39, 0.29) is 0 Å². The maximum Gasteiger partial charge on any atom is 0.164 e. The lowest BCUT2D eigenvalue weighted by molar-refractivity contribution is 0.142. The van der Waals surface area contributed by atoms with Crippen LogP contribution in [0.1, 0.15) is 36.3 Å². The molecule has 0 amide bonds. The van der Waals surface area contributed by atoms with Gasteiger partial charge in [0.05, 0.1) is 14.2 Å². The molecule has 104 valence electrons. The molecule has 1 aromatic carbocycles. The molecular formula is C16H23NO2. The van der Waals surface area contributed by atoms with E-state index >= 15 is 0 Å². The molecule has 0 bridgehead atoms. The molecule has 0 radical (unpaired) electrons. The molecule has 1 aromatic rings. The second kappa shape index (κ2) is 5.04. The molecule has 0 unspecified atom stereocenters. The van der Waals surface area contributed by atoms with E-state index in [1.54, 1.807) is 14.2 Å². The van der Waals surface area contributed by atoms with E-state index in [0.717, 1.165) is 17.9 Å². The van der Waals surface area contributed by atoms with Crippen LogP contribution in [0.4, 0.5) is 0 Å². The Balaban J connectivity index is 2.04. The van der Waals surface area contributed by atoms with Crippen molar-refractivity contribution in [3.8, 4) is 11.5 Å². The van der Waals surface area contributed by atoms with E-state index in [1.807, 2.05) is 0 Å². The minimum Gasteiger partial charge on any atom is -0.493 e. The number of likely N-dealkylation sites (N-methyl/N-ethyl adjacent to an activating group) is 1. The average Bonchev–Trinajstić information content (AvgIpc) is 2.45. The monoisotopic (exact) mass is 261 g/mol. The van der Waals surface area contributed by atoms with Gasteiger partial charge in [-0.1, -0.05) is 6.07 Å². The van der Waals surface area contributed by atoms with E-state index in [0.29, 0.717) is 12.0 Å². The quantitative estimate of drug-likeness (QED) is 0.817. The predicted octanol–water partition coefficient (Wildman–Crippen LogP) is 2.83. The lowest BCUT2D eigenvalue weighted by Crippen LogP contribution is -2.44. The fraction of sp³-hybridized carbons (Fsp3) is 0.625. The largest absolute Gasteiger partial charge is 0.493 e. The molecule has 0 N–H and O–H groups in total. The molecule has 1 heterocycles. The summed E-state index contributed by atoms with van der Waals surface area (Å²) in [5.74, 6) is 2.48. The zero-order valence-corrected chi connectivity index (χ0v) is 12.1. The SMILES string of the molecule is COc1ccc2c(c1OC)CC[C@H]1[C@H]2CCCN1C. The number of nitrogens with zero attached hydrogens (tertiary/aromatic N) is 1. The van der Waals surface area contributed by atoms with Crippen molar-refractivity contribution in [2.45, 2.75) is 37.6 Å². The van der Waals surface area contributed by atoms with E-state index in [1.165, 1.54) is 36.9 Å². The number of piperidine rings is 1. The first-order valence-electron chi connectivity index (χ1n) is 7.20. The molecule has 3 nitrogen and oxygen atoms in total. The molecule has 3 heteroatoms. The Morgan fingerprint density at radius 1 is 1.16 bits per heavy atom. The summed E-state index contributed by atoms with van der Waals surface area (Å²) in [6, 6.07) is 5.03. The summed E-state index contributed by atoms with van der Waals surface area (Å²) in [5.41, 5.74) is 2.86. The van der Waals surface area contributed by atoms with Crippen molar-refractivity contribution in [2.24, 2.45) is 0 Å². The topological polar surface area (TPSA) is 21.7 Å². The van der Waals surface area contributed by atoms with Crippen molar-refractivity contribution in [3.63, 3.8) is 0 Å². The Kier molecular flexibility index (Phi) is 3.40. The standard InChI is InChI=1S/C16H23NO2/c1-17-10-4-5-12-11-7-9-15(18-2)16(19-3)13(11)6-8-14(12)17/h7,9,12,14H,4-6,8,10H2,1-3H3/t12-,14-/m0/s1. The van der Waals surface area contributed by atoms with Gasteiger partial charge in [-0.25, -0.2) is 0 Å². The predicted molar refractivity (Wildman–Crippen MR) is 76.3 cm³/mol. The highest BCUT2D eigenvalue weighted by Gasteiger charge is 2.36. The molecule has 3 rings (SSSR count). The van der Waals surface area contributed by atoms with E-state index in [9.17, 15) is 0 Å². The lowest BCUT2D eigenvalue weighted by atomic mass is 9.74. The van der Waals surface area contributed by atoms with Gasteiger partial charge in [-0.15, -0.1) is 0 Å². The molecular weight excluding hydrogens is 238 g/mol. The van der Waals surface area contributed by atoms with Gasteiger partial charge in [-0.05, 0) is 56.8 Å². The molecule has 1 fully saturated rings. The maximum absolute atomic E-state index is 5.60. The maximum atomic E-state index is 5.60. The van der Waals surface area contributed by atoms with Crippen molar-refractivity contribution in [1.29, 1.82) is 0 Å². The van der Waals surface area contributed by atoms with Crippen LogP contribution in [-0.4, -0.2) is 38.8 Å². The number of rotatable bonds is 2. The van der Waals surface area contributed by atoms with Crippen LogP contribution in [0.5, 0.6) is 11.5 Å². The molecule has 0 saturated carbocycles. The summed E-state index contributed by atoms with van der Waals surface area (Å²) in [6.07, 6.45) is 4.93. The van der Waals surface area contributed by atoms with Crippen LogP contribution < -0.4 is 9.47 Å². The minimum absolute atomic E-state index is 0.669. The van der Waals surface area contributed by atoms with Gasteiger partial charge < -0.3 is 14.4 Å². The van der Waals surface area contributed by atoms with Gasteiger partial charge in [-0.3, -0.25) is 0 Å².